The number of carbonyl (C=O) groups excluding carboxylic acids is 1. The van der Waals surface area contributed by atoms with E-state index in [1.807, 2.05) is 30.6 Å². The van der Waals surface area contributed by atoms with Crippen molar-refractivity contribution >= 4 is 28.6 Å². The molecule has 0 aliphatic heterocycles. The highest BCUT2D eigenvalue weighted by atomic mass is 16.1. The summed E-state index contributed by atoms with van der Waals surface area (Å²) in [6.07, 6.45) is 10.2. The summed E-state index contributed by atoms with van der Waals surface area (Å²) in [4.78, 5) is 24.7. The standard InChI is InChI=1S/C21H21N7O/c1-2-19(29)27-17-7-4-8-18-20(17)25-13-28(18)16-6-3-5-15(9-16)26-21-23-11-14(10-22)12-24-21/h2,4,7-8,11-13,15-16H,1,3,5-6,9H2,(H,27,29)(H,23,24,26)/t15-,16+/m1/s1. The van der Waals surface area contributed by atoms with E-state index in [1.54, 1.807) is 0 Å². The first-order valence-corrected chi connectivity index (χ1v) is 9.55. The van der Waals surface area contributed by atoms with Crippen molar-refractivity contribution in [3.05, 3.63) is 55.1 Å². The van der Waals surface area contributed by atoms with E-state index in [4.69, 9.17) is 5.26 Å². The van der Waals surface area contributed by atoms with Gasteiger partial charge in [0, 0.05) is 12.1 Å². The van der Waals surface area contributed by atoms with Crippen molar-refractivity contribution in [3.63, 3.8) is 0 Å². The SMILES string of the molecule is C=CC(=O)Nc1cccc2c1ncn2[C@H]1CCC[C@@H](Nc2ncc(C#N)cn2)C1. The number of carbonyl (C=O) groups is 1. The smallest absolute Gasteiger partial charge is 0.247 e. The number of nitrogens with zero attached hydrogens (tertiary/aromatic N) is 5. The van der Waals surface area contributed by atoms with E-state index >= 15 is 0 Å². The Morgan fingerprint density at radius 3 is 2.86 bits per heavy atom. The molecule has 2 atom stereocenters. The Kier molecular flexibility index (Phi) is 5.20. The summed E-state index contributed by atoms with van der Waals surface area (Å²) in [7, 11) is 0. The number of hydrogen-bond acceptors (Lipinski definition) is 6. The van der Waals surface area contributed by atoms with Crippen LogP contribution >= 0.6 is 0 Å². The van der Waals surface area contributed by atoms with E-state index in [1.165, 1.54) is 18.5 Å². The molecule has 1 fully saturated rings. The zero-order valence-electron chi connectivity index (χ0n) is 15.9. The van der Waals surface area contributed by atoms with Gasteiger partial charge in [0.15, 0.2) is 0 Å². The monoisotopic (exact) mass is 387 g/mol. The van der Waals surface area contributed by atoms with Gasteiger partial charge in [-0.1, -0.05) is 12.6 Å². The predicted molar refractivity (Wildman–Crippen MR) is 110 cm³/mol. The molecule has 0 saturated heterocycles. The number of nitriles is 1. The molecule has 29 heavy (non-hydrogen) atoms. The minimum atomic E-state index is -0.253. The minimum Gasteiger partial charge on any atom is -0.351 e. The first-order chi connectivity index (χ1) is 14.2. The van der Waals surface area contributed by atoms with Crippen LogP contribution < -0.4 is 10.6 Å². The second kappa shape index (κ2) is 8.10. The third kappa shape index (κ3) is 3.94. The number of nitrogens with one attached hydrogen (secondary N) is 2. The first kappa shape index (κ1) is 18.6. The largest absolute Gasteiger partial charge is 0.351 e. The van der Waals surface area contributed by atoms with Crippen LogP contribution in [0.5, 0.6) is 0 Å². The molecule has 3 aromatic rings. The number of rotatable bonds is 5. The third-order valence-corrected chi connectivity index (χ3v) is 5.20. The van der Waals surface area contributed by atoms with Crippen LogP contribution in [0, 0.1) is 11.3 Å². The zero-order chi connectivity index (χ0) is 20.2. The van der Waals surface area contributed by atoms with E-state index in [-0.39, 0.29) is 18.0 Å². The highest BCUT2D eigenvalue weighted by Gasteiger charge is 2.25. The van der Waals surface area contributed by atoms with Gasteiger partial charge in [-0.3, -0.25) is 4.79 Å². The molecule has 8 heteroatoms. The van der Waals surface area contributed by atoms with Gasteiger partial charge in [-0.2, -0.15) is 5.26 Å². The predicted octanol–water partition coefficient (Wildman–Crippen LogP) is 3.42. The van der Waals surface area contributed by atoms with E-state index in [9.17, 15) is 4.79 Å². The molecule has 2 aromatic heterocycles. The van der Waals surface area contributed by atoms with Gasteiger partial charge in [0.2, 0.25) is 11.9 Å². The molecule has 2 N–H and O–H groups in total. The van der Waals surface area contributed by atoms with E-state index in [0.717, 1.165) is 36.7 Å². The average molecular weight is 387 g/mol. The van der Waals surface area contributed by atoms with Gasteiger partial charge >= 0.3 is 0 Å². The van der Waals surface area contributed by atoms with Crippen molar-refractivity contribution in [2.24, 2.45) is 0 Å². The fourth-order valence-electron chi connectivity index (χ4n) is 3.82. The van der Waals surface area contributed by atoms with Crippen LogP contribution in [0.4, 0.5) is 11.6 Å². The summed E-state index contributed by atoms with van der Waals surface area (Å²) in [6, 6.07) is 8.33. The van der Waals surface area contributed by atoms with Crippen LogP contribution in [0.25, 0.3) is 11.0 Å². The number of amides is 1. The van der Waals surface area contributed by atoms with Gasteiger partial charge in [0.05, 0.1) is 35.5 Å². The van der Waals surface area contributed by atoms with Gasteiger partial charge in [-0.15, -0.1) is 0 Å². The summed E-state index contributed by atoms with van der Waals surface area (Å²) >= 11 is 0. The number of hydrogen-bond donors (Lipinski definition) is 2. The molecule has 0 unspecified atom stereocenters. The summed E-state index contributed by atoms with van der Waals surface area (Å²) in [6.45, 7) is 3.50. The molecule has 1 aliphatic rings. The molecule has 4 rings (SSSR count). The van der Waals surface area contributed by atoms with Crippen LogP contribution in [0.1, 0.15) is 37.3 Å². The van der Waals surface area contributed by atoms with Crippen molar-refractivity contribution in [3.8, 4) is 6.07 Å². The Morgan fingerprint density at radius 2 is 2.10 bits per heavy atom. The Balaban J connectivity index is 1.52. The molecule has 0 spiro atoms. The molecular formula is C21H21N7O. The number of imidazole rings is 1. The normalized spacial score (nSPS) is 18.7. The topological polar surface area (TPSA) is 109 Å². The Hall–Kier alpha value is -3.73. The molecule has 1 aromatic carbocycles. The van der Waals surface area contributed by atoms with Gasteiger partial charge in [0.1, 0.15) is 11.6 Å². The number of fused-ring (bicyclic) bond motifs is 1. The fourth-order valence-corrected chi connectivity index (χ4v) is 3.82. The number of aromatic nitrogens is 4. The van der Waals surface area contributed by atoms with Crippen molar-refractivity contribution in [2.45, 2.75) is 37.8 Å². The van der Waals surface area contributed by atoms with Crippen LogP contribution in [-0.4, -0.2) is 31.5 Å². The van der Waals surface area contributed by atoms with E-state index in [0.29, 0.717) is 17.2 Å². The van der Waals surface area contributed by atoms with Gasteiger partial charge in [-0.05, 0) is 43.9 Å². The van der Waals surface area contributed by atoms with E-state index in [2.05, 4.69) is 36.7 Å². The molecule has 0 radical (unpaired) electrons. The van der Waals surface area contributed by atoms with Crippen molar-refractivity contribution < 1.29 is 4.79 Å². The number of para-hydroxylation sites is 1. The lowest BCUT2D eigenvalue weighted by molar-refractivity contribution is -0.111. The van der Waals surface area contributed by atoms with Gasteiger partial charge < -0.3 is 15.2 Å². The average Bonchev–Trinajstić information content (AvgIpc) is 3.20. The maximum absolute atomic E-state index is 11.7. The van der Waals surface area contributed by atoms with Crippen molar-refractivity contribution in [2.75, 3.05) is 10.6 Å². The summed E-state index contributed by atoms with van der Waals surface area (Å²) in [5, 5.41) is 15.1. The molecule has 8 nitrogen and oxygen atoms in total. The number of benzene rings is 1. The summed E-state index contributed by atoms with van der Waals surface area (Å²) in [5.41, 5.74) is 2.89. The highest BCUT2D eigenvalue weighted by molar-refractivity contribution is 6.04. The lowest BCUT2D eigenvalue weighted by Gasteiger charge is -2.31. The molecule has 2 heterocycles. The number of anilines is 2. The van der Waals surface area contributed by atoms with Crippen LogP contribution in [-0.2, 0) is 4.79 Å². The Labute approximate surface area is 168 Å². The van der Waals surface area contributed by atoms with Crippen LogP contribution in [0.2, 0.25) is 0 Å². The molecule has 1 aliphatic carbocycles. The van der Waals surface area contributed by atoms with Crippen molar-refractivity contribution in [1.29, 1.82) is 5.26 Å². The minimum absolute atomic E-state index is 0.239. The fraction of sp³-hybridized carbons (Fsp3) is 0.286. The lowest BCUT2D eigenvalue weighted by atomic mass is 9.90. The third-order valence-electron chi connectivity index (χ3n) is 5.20. The zero-order valence-corrected chi connectivity index (χ0v) is 15.9. The summed E-state index contributed by atoms with van der Waals surface area (Å²) in [5.74, 6) is 0.288. The Bertz CT molecular complexity index is 1080. The first-order valence-electron chi connectivity index (χ1n) is 9.55. The van der Waals surface area contributed by atoms with Gasteiger partial charge in [-0.25, -0.2) is 15.0 Å². The molecular weight excluding hydrogens is 366 g/mol. The van der Waals surface area contributed by atoms with Gasteiger partial charge in [0.25, 0.3) is 0 Å². The molecule has 0 bridgehead atoms. The highest BCUT2D eigenvalue weighted by Crippen LogP contribution is 2.33. The quantitative estimate of drug-likeness (QED) is 0.650. The van der Waals surface area contributed by atoms with Crippen LogP contribution in [0.15, 0.2) is 49.6 Å². The Morgan fingerprint density at radius 1 is 1.28 bits per heavy atom. The second-order valence-electron chi connectivity index (χ2n) is 7.09. The molecule has 1 amide bonds. The molecule has 1 saturated carbocycles. The maximum Gasteiger partial charge on any atom is 0.247 e. The summed E-state index contributed by atoms with van der Waals surface area (Å²) < 4.78 is 2.19. The lowest BCUT2D eigenvalue weighted by Crippen LogP contribution is -2.29. The van der Waals surface area contributed by atoms with Crippen molar-refractivity contribution in [1.82, 2.24) is 19.5 Å². The van der Waals surface area contributed by atoms with Crippen LogP contribution in [0.3, 0.4) is 0 Å². The second-order valence-corrected chi connectivity index (χ2v) is 7.09. The molecule has 146 valence electrons. The van der Waals surface area contributed by atoms with E-state index < -0.39 is 0 Å². The maximum atomic E-state index is 11.7.